The van der Waals surface area contributed by atoms with Crippen LogP contribution in [0.15, 0.2) is 53.4 Å². The number of rotatable bonds is 5. The molecule has 6 rings (SSSR count). The Balaban J connectivity index is 1.39. The number of benzene rings is 2. The molecule has 2 saturated carbocycles. The summed E-state index contributed by atoms with van der Waals surface area (Å²) < 4.78 is 36.8. The first-order valence-electron chi connectivity index (χ1n) is 16.5. The summed E-state index contributed by atoms with van der Waals surface area (Å²) in [5.74, 6) is 1.46. The van der Waals surface area contributed by atoms with E-state index in [4.69, 9.17) is 4.74 Å². The molecule has 4 bridgehead atoms. The number of aromatic nitrogens is 2. The van der Waals surface area contributed by atoms with Gasteiger partial charge in [-0.15, -0.1) is 0 Å². The lowest BCUT2D eigenvalue weighted by molar-refractivity contribution is -0.193. The molecule has 2 aromatic carbocycles. The van der Waals surface area contributed by atoms with Gasteiger partial charge in [0.05, 0.1) is 22.8 Å². The van der Waals surface area contributed by atoms with Crippen molar-refractivity contribution in [3.63, 3.8) is 0 Å². The molecule has 0 saturated heterocycles. The summed E-state index contributed by atoms with van der Waals surface area (Å²) in [5.41, 5.74) is 4.38. The van der Waals surface area contributed by atoms with Crippen LogP contribution in [-0.4, -0.2) is 35.7 Å². The summed E-state index contributed by atoms with van der Waals surface area (Å²) >= 11 is 0. The van der Waals surface area contributed by atoms with Gasteiger partial charge >= 0.3 is 0 Å². The standard InChI is InChI=1S/C37H49N3O4S/c1-23(2)16-37(41)21-36(22-37)18-27(19-36)33-26-12-9-13-29(14-26)45(42,43)40-34-38-30(32-24(3)10-8-11-25(32)4)15-31(39-34)44-20-28(33)17-35(5,6)7/h8-15,23,27-28,33,41H,16-22H2,1-7H3,(H,38,39,40)/t27?,28-,33?,36?,37?/m1/s1. The summed E-state index contributed by atoms with van der Waals surface area (Å²) in [6.45, 7) is 15.6. The summed E-state index contributed by atoms with van der Waals surface area (Å²) in [6, 6.07) is 15.3. The number of ether oxygens (including phenoxy) is 1. The van der Waals surface area contributed by atoms with Gasteiger partial charge in [-0.3, -0.25) is 0 Å². The second-order valence-corrected chi connectivity index (χ2v) is 17.7. The maximum Gasteiger partial charge on any atom is 0.264 e. The molecule has 1 unspecified atom stereocenters. The van der Waals surface area contributed by atoms with Crippen molar-refractivity contribution in [3.8, 4) is 17.1 Å². The first kappa shape index (κ1) is 32.0. The zero-order valence-corrected chi connectivity index (χ0v) is 28.7. The first-order valence-corrected chi connectivity index (χ1v) is 18.0. The lowest BCUT2D eigenvalue weighted by Gasteiger charge is -2.64. The number of sulfonamides is 1. The molecule has 3 aromatic rings. The van der Waals surface area contributed by atoms with Crippen LogP contribution in [-0.2, 0) is 10.0 Å². The fourth-order valence-electron chi connectivity index (χ4n) is 9.00. The zero-order valence-electron chi connectivity index (χ0n) is 27.9. The fraction of sp³-hybridized carbons (Fsp3) is 0.568. The third-order valence-corrected chi connectivity index (χ3v) is 11.5. The van der Waals surface area contributed by atoms with Crippen molar-refractivity contribution in [1.82, 2.24) is 9.97 Å². The minimum absolute atomic E-state index is 0.000136. The molecule has 1 aromatic heterocycles. The number of anilines is 1. The van der Waals surface area contributed by atoms with E-state index in [9.17, 15) is 13.5 Å². The Hall–Kier alpha value is -2.97. The van der Waals surface area contributed by atoms with Gasteiger partial charge in [0.25, 0.3) is 10.0 Å². The SMILES string of the molecule is Cc1cccc(C)c1-c1cc2nc(n1)NS(=O)(=O)c1cccc(c1)C(C1CC3(C1)CC(O)(CC(C)C)C3)[C@H](CC(C)(C)C)CO2. The van der Waals surface area contributed by atoms with Crippen molar-refractivity contribution < 1.29 is 18.3 Å². The van der Waals surface area contributed by atoms with E-state index in [2.05, 4.69) is 55.4 Å². The molecule has 242 valence electrons. The number of aliphatic hydroxyl groups is 1. The molecule has 2 aliphatic carbocycles. The van der Waals surface area contributed by atoms with E-state index in [1.54, 1.807) is 6.07 Å². The van der Waals surface area contributed by atoms with E-state index in [1.165, 1.54) is 0 Å². The van der Waals surface area contributed by atoms with E-state index >= 15 is 0 Å². The van der Waals surface area contributed by atoms with Crippen LogP contribution < -0.4 is 9.46 Å². The monoisotopic (exact) mass is 631 g/mol. The topological polar surface area (TPSA) is 101 Å². The maximum absolute atomic E-state index is 13.8. The van der Waals surface area contributed by atoms with Gasteiger partial charge in [-0.05, 0) is 110 Å². The average Bonchev–Trinajstić information content (AvgIpc) is 2.88. The van der Waals surface area contributed by atoms with Gasteiger partial charge in [-0.1, -0.05) is 65.0 Å². The van der Waals surface area contributed by atoms with Gasteiger partial charge in [0.2, 0.25) is 11.8 Å². The van der Waals surface area contributed by atoms with Crippen molar-refractivity contribution in [2.45, 2.75) is 103 Å². The molecule has 2 heterocycles. The van der Waals surface area contributed by atoms with Gasteiger partial charge < -0.3 is 9.84 Å². The lowest BCUT2D eigenvalue weighted by Crippen LogP contribution is -2.59. The van der Waals surface area contributed by atoms with E-state index < -0.39 is 15.6 Å². The van der Waals surface area contributed by atoms with Gasteiger partial charge in [0, 0.05) is 17.5 Å². The quantitative estimate of drug-likeness (QED) is 0.295. The number of aryl methyl sites for hydroxylation is 2. The third-order valence-electron chi connectivity index (χ3n) is 10.1. The molecule has 1 spiro atoms. The predicted octanol–water partition coefficient (Wildman–Crippen LogP) is 8.06. The first-order chi connectivity index (χ1) is 21.0. The highest BCUT2D eigenvalue weighted by atomic mass is 32.2. The smallest absolute Gasteiger partial charge is 0.264 e. The zero-order chi connectivity index (χ0) is 32.4. The number of nitrogens with zero attached hydrogens (tertiary/aromatic N) is 2. The fourth-order valence-corrected chi connectivity index (χ4v) is 10.00. The molecule has 7 nitrogen and oxygen atoms in total. The van der Waals surface area contributed by atoms with E-state index in [0.717, 1.165) is 60.8 Å². The molecule has 8 heteroatoms. The van der Waals surface area contributed by atoms with Crippen LogP contribution in [0.1, 0.15) is 95.8 Å². The van der Waals surface area contributed by atoms with Gasteiger partial charge in [0.1, 0.15) is 0 Å². The van der Waals surface area contributed by atoms with Gasteiger partial charge in [-0.25, -0.2) is 18.1 Å². The molecule has 2 atom stereocenters. The van der Waals surface area contributed by atoms with Crippen LogP contribution in [0.25, 0.3) is 11.3 Å². The molecule has 2 fully saturated rings. The molecule has 3 aliphatic rings. The van der Waals surface area contributed by atoms with Crippen LogP contribution in [0.2, 0.25) is 0 Å². The van der Waals surface area contributed by atoms with Crippen LogP contribution in [0, 0.1) is 42.4 Å². The summed E-state index contributed by atoms with van der Waals surface area (Å²) in [4.78, 5) is 9.43. The van der Waals surface area contributed by atoms with E-state index in [1.807, 2.05) is 50.2 Å². The minimum Gasteiger partial charge on any atom is -0.477 e. The molecule has 2 N–H and O–H groups in total. The highest BCUT2D eigenvalue weighted by Crippen LogP contribution is 2.67. The lowest BCUT2D eigenvalue weighted by atomic mass is 9.43. The Morgan fingerprint density at radius 1 is 1.02 bits per heavy atom. The second kappa shape index (κ2) is 11.4. The summed E-state index contributed by atoms with van der Waals surface area (Å²) in [7, 11) is -3.96. The molecule has 1 aliphatic heterocycles. The van der Waals surface area contributed by atoms with Crippen molar-refractivity contribution in [2.75, 3.05) is 11.3 Å². The van der Waals surface area contributed by atoms with Crippen molar-refractivity contribution in [3.05, 3.63) is 65.2 Å². The molecule has 0 amide bonds. The highest BCUT2D eigenvalue weighted by molar-refractivity contribution is 7.92. The average molecular weight is 632 g/mol. The Morgan fingerprint density at radius 2 is 1.69 bits per heavy atom. The Kier molecular flexibility index (Phi) is 8.09. The molecular weight excluding hydrogens is 582 g/mol. The summed E-state index contributed by atoms with van der Waals surface area (Å²) in [5, 5.41) is 11.2. The van der Waals surface area contributed by atoms with Gasteiger partial charge in [0.15, 0.2) is 0 Å². The predicted molar refractivity (Wildman–Crippen MR) is 179 cm³/mol. The highest BCUT2D eigenvalue weighted by Gasteiger charge is 2.61. The number of fused-ring (bicyclic) bond motifs is 4. The number of hydrogen-bond donors (Lipinski definition) is 2. The Labute approximate surface area is 269 Å². The normalized spacial score (nSPS) is 29.0. The Bertz CT molecular complexity index is 1660. The maximum atomic E-state index is 13.8. The van der Waals surface area contributed by atoms with Crippen molar-refractivity contribution in [1.29, 1.82) is 0 Å². The van der Waals surface area contributed by atoms with Crippen molar-refractivity contribution >= 4 is 16.0 Å². The van der Waals surface area contributed by atoms with Crippen LogP contribution >= 0.6 is 0 Å². The third kappa shape index (κ3) is 6.64. The van der Waals surface area contributed by atoms with Crippen LogP contribution in [0.4, 0.5) is 5.95 Å². The van der Waals surface area contributed by atoms with Crippen LogP contribution in [0.3, 0.4) is 0 Å². The van der Waals surface area contributed by atoms with Crippen molar-refractivity contribution in [2.24, 2.45) is 28.6 Å². The number of nitrogens with one attached hydrogen (secondary N) is 1. The van der Waals surface area contributed by atoms with Gasteiger partial charge in [-0.2, -0.15) is 4.98 Å². The largest absolute Gasteiger partial charge is 0.477 e. The molecule has 45 heavy (non-hydrogen) atoms. The van der Waals surface area contributed by atoms with E-state index in [-0.39, 0.29) is 33.5 Å². The molecule has 0 radical (unpaired) electrons. The summed E-state index contributed by atoms with van der Waals surface area (Å²) in [6.07, 6.45) is 5.58. The number of hydrogen-bond acceptors (Lipinski definition) is 6. The van der Waals surface area contributed by atoms with Crippen LogP contribution in [0.5, 0.6) is 5.88 Å². The molecular formula is C37H49N3O4S. The Morgan fingerprint density at radius 3 is 2.33 bits per heavy atom. The minimum atomic E-state index is -3.96. The second-order valence-electron chi connectivity index (χ2n) is 16.1. The van der Waals surface area contributed by atoms with E-state index in [0.29, 0.717) is 30.0 Å².